The van der Waals surface area contributed by atoms with Gasteiger partial charge in [0.05, 0.1) is 45.4 Å². The molecule has 0 saturated heterocycles. The molecule has 292 valence electrons. The number of ether oxygens (including phenoxy) is 6. The van der Waals surface area contributed by atoms with E-state index in [0.29, 0.717) is 77.4 Å². The molecule has 5 aromatic rings. The van der Waals surface area contributed by atoms with Gasteiger partial charge in [0.25, 0.3) is 0 Å². The number of methoxy groups -OCH3 is 3. The Hall–Kier alpha value is -5.52. The molecule has 2 amide bonds. The van der Waals surface area contributed by atoms with Crippen molar-refractivity contribution in [2.24, 2.45) is 0 Å². The fraction of sp³-hybridized carbons (Fsp3) is 0.308. The SMILES string of the molecule is COCCOCCOc1cc(Nc2nccc(Oc3ccc(NC(=O)Nc4cc(C(C)(C)C)cc(CNS(=O)[O-])c4OC)c4ccccc34)n2)cc(OC)c1. The Balaban J connectivity index is 1.32. The number of aromatic nitrogens is 2. The molecule has 0 aliphatic carbocycles. The number of fused-ring (bicyclic) bond motifs is 1. The smallest absolute Gasteiger partial charge is 0.323 e. The third kappa shape index (κ3) is 11.5. The van der Waals surface area contributed by atoms with Crippen molar-refractivity contribution < 1.29 is 42.0 Å². The van der Waals surface area contributed by atoms with Crippen LogP contribution in [0.1, 0.15) is 31.9 Å². The Labute approximate surface area is 322 Å². The standard InChI is InChI=1S/C39H46N6O9S/c1-39(2,3)26-19-25(24-41-55(47)48)36(51-6)33(20-26)44-38(46)43-32-11-12-34(31-10-8-7-9-30(31)32)54-35-13-14-40-37(45-35)42-27-21-28(50-5)23-29(22-27)53-18-17-52-16-15-49-4/h7-14,19-23,41H,15-18,24H2,1-6H3,(H,47,48)(H,40,42,45)(H2,43,44,46)/p-1. The zero-order valence-corrected chi connectivity index (χ0v) is 32.3. The minimum absolute atomic E-state index is 0.0150. The van der Waals surface area contributed by atoms with Gasteiger partial charge in [-0.15, -0.1) is 0 Å². The Bertz CT molecular complexity index is 2110. The topological polar surface area (TPSA) is 186 Å². The first-order chi connectivity index (χ1) is 26.5. The average molecular weight is 774 g/mol. The number of anilines is 4. The molecular formula is C39H45N6O9S-. The van der Waals surface area contributed by atoms with E-state index in [-0.39, 0.29) is 23.8 Å². The van der Waals surface area contributed by atoms with Crippen LogP contribution in [0.15, 0.2) is 79.0 Å². The summed E-state index contributed by atoms with van der Waals surface area (Å²) in [5, 5.41) is 10.4. The molecule has 0 saturated carbocycles. The van der Waals surface area contributed by atoms with Gasteiger partial charge in [0.1, 0.15) is 29.6 Å². The van der Waals surface area contributed by atoms with Gasteiger partial charge >= 0.3 is 6.03 Å². The Kier molecular flexibility index (Phi) is 14.2. The van der Waals surface area contributed by atoms with Crippen LogP contribution in [0, 0.1) is 0 Å². The highest BCUT2D eigenvalue weighted by Gasteiger charge is 2.21. The Morgan fingerprint density at radius 2 is 1.58 bits per heavy atom. The quantitative estimate of drug-likeness (QED) is 0.0526. The summed E-state index contributed by atoms with van der Waals surface area (Å²) >= 11 is -2.48. The molecular weight excluding hydrogens is 729 g/mol. The average Bonchev–Trinajstić information content (AvgIpc) is 3.15. The van der Waals surface area contributed by atoms with Crippen molar-refractivity contribution in [3.8, 4) is 28.9 Å². The Morgan fingerprint density at radius 3 is 2.31 bits per heavy atom. The maximum absolute atomic E-state index is 13.5. The number of amides is 2. The predicted molar refractivity (Wildman–Crippen MR) is 211 cm³/mol. The lowest BCUT2D eigenvalue weighted by Gasteiger charge is -2.24. The van der Waals surface area contributed by atoms with Crippen LogP contribution in [0.2, 0.25) is 0 Å². The van der Waals surface area contributed by atoms with Crippen molar-refractivity contribution in [1.29, 1.82) is 0 Å². The highest BCUT2D eigenvalue weighted by Crippen LogP contribution is 2.37. The zero-order chi connectivity index (χ0) is 39.4. The van der Waals surface area contributed by atoms with Crippen molar-refractivity contribution in [3.63, 3.8) is 0 Å². The lowest BCUT2D eigenvalue weighted by molar-refractivity contribution is 0.0544. The summed E-state index contributed by atoms with van der Waals surface area (Å²) in [5.74, 6) is 2.57. The molecule has 16 heteroatoms. The van der Waals surface area contributed by atoms with Gasteiger partial charge in [0.15, 0.2) is 0 Å². The minimum Gasteiger partial charge on any atom is -0.760 e. The number of nitrogens with zero attached hydrogens (tertiary/aromatic N) is 2. The molecule has 0 radical (unpaired) electrons. The molecule has 0 bridgehead atoms. The third-order valence-corrected chi connectivity index (χ3v) is 8.52. The number of hydrogen-bond donors (Lipinski definition) is 4. The van der Waals surface area contributed by atoms with E-state index in [1.807, 2.05) is 57.2 Å². The molecule has 0 aliphatic rings. The van der Waals surface area contributed by atoms with E-state index in [0.717, 1.165) is 10.9 Å². The maximum Gasteiger partial charge on any atom is 0.323 e. The summed E-state index contributed by atoms with van der Waals surface area (Å²) < 4.78 is 58.5. The van der Waals surface area contributed by atoms with Crippen LogP contribution in [0.5, 0.6) is 28.9 Å². The molecule has 0 spiro atoms. The van der Waals surface area contributed by atoms with E-state index < -0.39 is 17.3 Å². The molecule has 1 atom stereocenters. The van der Waals surface area contributed by atoms with Crippen LogP contribution < -0.4 is 39.6 Å². The molecule has 0 fully saturated rings. The summed E-state index contributed by atoms with van der Waals surface area (Å²) in [4.78, 5) is 22.4. The van der Waals surface area contributed by atoms with E-state index in [1.165, 1.54) is 7.11 Å². The van der Waals surface area contributed by atoms with Crippen LogP contribution in [-0.2, 0) is 32.7 Å². The Morgan fingerprint density at radius 1 is 0.836 bits per heavy atom. The van der Waals surface area contributed by atoms with E-state index >= 15 is 0 Å². The minimum atomic E-state index is -2.48. The van der Waals surface area contributed by atoms with Gasteiger partial charge < -0.3 is 48.9 Å². The number of benzene rings is 4. The molecule has 1 aromatic heterocycles. The van der Waals surface area contributed by atoms with Crippen molar-refractivity contribution >= 4 is 51.1 Å². The fourth-order valence-corrected chi connectivity index (χ4v) is 5.75. The lowest BCUT2D eigenvalue weighted by atomic mass is 9.85. The van der Waals surface area contributed by atoms with Crippen molar-refractivity contribution in [2.75, 3.05) is 63.7 Å². The van der Waals surface area contributed by atoms with Gasteiger partial charge in [-0.3, -0.25) is 4.21 Å². The molecule has 1 unspecified atom stereocenters. The molecule has 1 heterocycles. The zero-order valence-electron chi connectivity index (χ0n) is 31.5. The van der Waals surface area contributed by atoms with E-state index in [2.05, 4.69) is 30.6 Å². The van der Waals surface area contributed by atoms with Crippen molar-refractivity contribution in [1.82, 2.24) is 14.7 Å². The lowest BCUT2D eigenvalue weighted by Crippen LogP contribution is -2.22. The molecule has 4 N–H and O–H groups in total. The van der Waals surface area contributed by atoms with Gasteiger partial charge in [-0.1, -0.05) is 51.1 Å². The molecule has 15 nitrogen and oxygen atoms in total. The fourth-order valence-electron chi connectivity index (χ4n) is 5.48. The molecule has 55 heavy (non-hydrogen) atoms. The second kappa shape index (κ2) is 19.2. The van der Waals surface area contributed by atoms with Gasteiger partial charge in [-0.2, -0.15) is 4.98 Å². The normalized spacial score (nSPS) is 11.8. The van der Waals surface area contributed by atoms with Crippen LogP contribution >= 0.6 is 0 Å². The van der Waals surface area contributed by atoms with Gasteiger partial charge in [0.2, 0.25) is 11.8 Å². The second-order valence-corrected chi connectivity index (χ2v) is 13.8. The van der Waals surface area contributed by atoms with E-state index in [9.17, 15) is 13.6 Å². The third-order valence-electron chi connectivity index (χ3n) is 8.14. The first-order valence-electron chi connectivity index (χ1n) is 17.3. The van der Waals surface area contributed by atoms with Crippen molar-refractivity contribution in [3.05, 3.63) is 90.1 Å². The van der Waals surface area contributed by atoms with Crippen LogP contribution in [0.3, 0.4) is 0 Å². The number of rotatable bonds is 18. The molecule has 5 rings (SSSR count). The first-order valence-corrected chi connectivity index (χ1v) is 18.3. The van der Waals surface area contributed by atoms with Crippen LogP contribution in [0.25, 0.3) is 10.8 Å². The second-order valence-electron chi connectivity index (χ2n) is 13.1. The van der Waals surface area contributed by atoms with E-state index in [4.69, 9.17) is 28.4 Å². The van der Waals surface area contributed by atoms with Gasteiger partial charge in [-0.05, 0) is 29.2 Å². The maximum atomic E-state index is 13.5. The summed E-state index contributed by atoms with van der Waals surface area (Å²) in [5.41, 5.74) is 2.70. The van der Waals surface area contributed by atoms with Gasteiger partial charge in [-0.25, -0.2) is 14.5 Å². The first kappa shape index (κ1) is 40.7. The number of urea groups is 1. The summed E-state index contributed by atoms with van der Waals surface area (Å²) in [6.07, 6.45) is 1.58. The largest absolute Gasteiger partial charge is 0.760 e. The number of hydrogen-bond acceptors (Lipinski definition) is 12. The number of carbonyl (C=O) groups is 1. The van der Waals surface area contributed by atoms with Crippen molar-refractivity contribution in [2.45, 2.75) is 32.7 Å². The number of nitrogens with one attached hydrogen (secondary N) is 4. The van der Waals surface area contributed by atoms with Gasteiger partial charge in [0, 0.05) is 77.4 Å². The highest BCUT2D eigenvalue weighted by atomic mass is 32.2. The van der Waals surface area contributed by atoms with Crippen LogP contribution in [0.4, 0.5) is 27.8 Å². The molecule has 4 aromatic carbocycles. The summed E-state index contributed by atoms with van der Waals surface area (Å²) in [6, 6.07) is 21.1. The summed E-state index contributed by atoms with van der Waals surface area (Å²) in [7, 11) is 4.65. The monoisotopic (exact) mass is 773 g/mol. The highest BCUT2D eigenvalue weighted by molar-refractivity contribution is 7.77. The predicted octanol–water partition coefficient (Wildman–Crippen LogP) is 7.05. The summed E-state index contributed by atoms with van der Waals surface area (Å²) in [6.45, 7) is 7.79. The van der Waals surface area contributed by atoms with E-state index in [1.54, 1.807) is 56.8 Å². The van der Waals surface area contributed by atoms with Crippen LogP contribution in [-0.4, -0.2) is 72.5 Å². The number of carbonyl (C=O) groups excluding carboxylic acids is 1. The molecule has 0 aliphatic heterocycles.